The Hall–Kier alpha value is -1.85. The van der Waals surface area contributed by atoms with E-state index in [-0.39, 0.29) is 4.90 Å². The summed E-state index contributed by atoms with van der Waals surface area (Å²) in [6.07, 6.45) is 1.09. The third-order valence-electron chi connectivity index (χ3n) is 3.53. The van der Waals surface area contributed by atoms with Gasteiger partial charge in [-0.2, -0.15) is 0 Å². The van der Waals surface area contributed by atoms with Gasteiger partial charge in [-0.1, -0.05) is 18.2 Å². The minimum absolute atomic E-state index is 0.0370. The summed E-state index contributed by atoms with van der Waals surface area (Å²) >= 11 is 3.65. The van der Waals surface area contributed by atoms with Gasteiger partial charge in [-0.3, -0.25) is 0 Å². The number of fused-ring (bicyclic) bond motifs is 3. The fourth-order valence-corrected chi connectivity index (χ4v) is 2.67. The van der Waals surface area contributed by atoms with Crippen LogP contribution in [-0.2, 0) is 13.0 Å². The lowest BCUT2D eigenvalue weighted by atomic mass is 10.1. The van der Waals surface area contributed by atoms with Crippen LogP contribution in [0.15, 0.2) is 51.8 Å². The van der Waals surface area contributed by atoms with E-state index in [1.165, 1.54) is 10.9 Å². The molecule has 0 aliphatic carbocycles. The van der Waals surface area contributed by atoms with Gasteiger partial charge in [-0.15, -0.1) is 12.6 Å². The molecule has 0 saturated heterocycles. The Morgan fingerprint density at radius 3 is 2.68 bits per heavy atom. The normalized spacial score (nSPS) is 13.4. The average Bonchev–Trinajstić information content (AvgIpc) is 2.91. The Labute approximate surface area is 132 Å². The minimum Gasteiger partial charge on any atom is -0.459 e. The highest BCUT2D eigenvalue weighted by atomic mass is 32.1. The van der Waals surface area contributed by atoms with Crippen molar-refractivity contribution >= 4 is 23.6 Å². The molecule has 0 saturated carbocycles. The Bertz CT molecular complexity index is 800. The molecule has 0 atom stereocenters. The van der Waals surface area contributed by atoms with E-state index < -0.39 is 11.6 Å². The van der Waals surface area contributed by atoms with Gasteiger partial charge >= 0.3 is 0 Å². The first-order chi connectivity index (χ1) is 10.6. The fraction of sp³-hybridized carbons (Fsp3) is 0.176. The number of benzene rings is 2. The van der Waals surface area contributed by atoms with Crippen LogP contribution >= 0.6 is 12.6 Å². The summed E-state index contributed by atoms with van der Waals surface area (Å²) in [5.74, 6) is 0.147. The Morgan fingerprint density at radius 1 is 1.09 bits per heavy atom. The number of halogens is 2. The van der Waals surface area contributed by atoms with Crippen molar-refractivity contribution in [1.82, 2.24) is 5.32 Å². The molecular weight excluding hydrogens is 304 g/mol. The highest BCUT2D eigenvalue weighted by Crippen LogP contribution is 2.27. The molecule has 3 aromatic rings. The number of para-hydroxylation sites is 1. The van der Waals surface area contributed by atoms with Gasteiger partial charge in [0.15, 0.2) is 0 Å². The number of hydrogen-bond donors (Lipinski definition) is 2. The topological polar surface area (TPSA) is 25.2 Å². The van der Waals surface area contributed by atoms with E-state index in [4.69, 9.17) is 4.42 Å². The molecule has 2 heterocycles. The number of rotatable bonds is 0. The van der Waals surface area contributed by atoms with E-state index in [1.807, 2.05) is 12.1 Å². The van der Waals surface area contributed by atoms with Crippen molar-refractivity contribution in [3.8, 4) is 0 Å². The van der Waals surface area contributed by atoms with Crippen molar-refractivity contribution in [2.75, 3.05) is 6.54 Å². The van der Waals surface area contributed by atoms with E-state index >= 15 is 0 Å². The number of hydrogen-bond acceptors (Lipinski definition) is 3. The molecule has 0 spiro atoms. The van der Waals surface area contributed by atoms with Crippen molar-refractivity contribution in [2.45, 2.75) is 17.9 Å². The first-order valence-corrected chi connectivity index (χ1v) is 7.44. The molecule has 0 radical (unpaired) electrons. The monoisotopic (exact) mass is 319 g/mol. The minimum atomic E-state index is -0.500. The highest BCUT2D eigenvalue weighted by molar-refractivity contribution is 7.80. The summed E-state index contributed by atoms with van der Waals surface area (Å²) in [4.78, 5) is 0.0370. The van der Waals surface area contributed by atoms with Crippen LogP contribution in [0.4, 0.5) is 8.78 Å². The lowest BCUT2D eigenvalue weighted by Crippen LogP contribution is -2.22. The predicted molar refractivity (Wildman–Crippen MR) is 85.2 cm³/mol. The third-order valence-corrected chi connectivity index (χ3v) is 3.87. The van der Waals surface area contributed by atoms with E-state index in [1.54, 1.807) is 0 Å². The van der Waals surface area contributed by atoms with Crippen molar-refractivity contribution < 1.29 is 13.2 Å². The summed E-state index contributed by atoms with van der Waals surface area (Å²) in [6.45, 7) is 1.94. The van der Waals surface area contributed by atoms with Crippen LogP contribution in [-0.4, -0.2) is 6.54 Å². The third kappa shape index (κ3) is 3.15. The molecule has 0 unspecified atom stereocenters. The fourth-order valence-electron chi connectivity index (χ4n) is 2.47. The molecule has 1 N–H and O–H groups in total. The summed E-state index contributed by atoms with van der Waals surface area (Å²) in [5.41, 5.74) is 2.42. The van der Waals surface area contributed by atoms with Crippen molar-refractivity contribution in [1.29, 1.82) is 0 Å². The van der Waals surface area contributed by atoms with Gasteiger partial charge in [0, 0.05) is 15.8 Å². The van der Waals surface area contributed by atoms with Gasteiger partial charge in [0.05, 0.1) is 6.54 Å². The largest absolute Gasteiger partial charge is 0.459 e. The Kier molecular flexibility index (Phi) is 4.45. The Morgan fingerprint density at radius 2 is 1.91 bits per heavy atom. The zero-order chi connectivity index (χ0) is 15.5. The average molecular weight is 319 g/mol. The zero-order valence-electron chi connectivity index (χ0n) is 11.8. The second kappa shape index (κ2) is 6.50. The first-order valence-electron chi connectivity index (χ1n) is 6.99. The van der Waals surface area contributed by atoms with Crippen LogP contribution < -0.4 is 5.32 Å². The maximum absolute atomic E-state index is 12.3. The van der Waals surface area contributed by atoms with Crippen LogP contribution in [0.25, 0.3) is 11.0 Å². The van der Waals surface area contributed by atoms with Crippen LogP contribution in [0.5, 0.6) is 0 Å². The maximum atomic E-state index is 12.3. The number of furan rings is 1. The van der Waals surface area contributed by atoms with Crippen LogP contribution in [0.3, 0.4) is 0 Å². The van der Waals surface area contributed by atoms with E-state index in [0.717, 1.165) is 49.1 Å². The molecule has 4 rings (SSSR count). The molecular formula is C17H15F2NOS. The highest BCUT2D eigenvalue weighted by Gasteiger charge is 2.16. The summed E-state index contributed by atoms with van der Waals surface area (Å²) < 4.78 is 30.1. The Balaban J connectivity index is 0.000000142. The SMILES string of the molecule is Fc1ccc(F)c(S)c1.c1ccc2c3c(oc2c1)CNCC3. The first kappa shape index (κ1) is 15.1. The van der Waals surface area contributed by atoms with Crippen molar-refractivity contribution in [3.05, 3.63) is 65.4 Å². The van der Waals surface area contributed by atoms with E-state index in [0.29, 0.717) is 0 Å². The van der Waals surface area contributed by atoms with Crippen molar-refractivity contribution in [2.24, 2.45) is 0 Å². The van der Waals surface area contributed by atoms with Gasteiger partial charge < -0.3 is 9.73 Å². The molecule has 5 heteroatoms. The van der Waals surface area contributed by atoms with Crippen LogP contribution in [0.2, 0.25) is 0 Å². The van der Waals surface area contributed by atoms with Gasteiger partial charge in [0.2, 0.25) is 0 Å². The molecule has 0 fully saturated rings. The van der Waals surface area contributed by atoms with Crippen LogP contribution in [0, 0.1) is 11.6 Å². The quantitative estimate of drug-likeness (QED) is 0.603. The van der Waals surface area contributed by atoms with Gasteiger partial charge in [0.25, 0.3) is 0 Å². The zero-order valence-corrected chi connectivity index (χ0v) is 12.7. The predicted octanol–water partition coefficient (Wildman–Crippen LogP) is 4.33. The summed E-state index contributed by atoms with van der Waals surface area (Å²) in [6, 6.07) is 11.4. The van der Waals surface area contributed by atoms with Crippen LogP contribution in [0.1, 0.15) is 11.3 Å². The molecule has 1 aliphatic rings. The second-order valence-corrected chi connectivity index (χ2v) is 5.50. The van der Waals surface area contributed by atoms with Gasteiger partial charge in [-0.05, 0) is 37.2 Å². The lowest BCUT2D eigenvalue weighted by molar-refractivity contribution is 0.488. The second-order valence-electron chi connectivity index (χ2n) is 5.02. The molecule has 0 amide bonds. The maximum Gasteiger partial charge on any atom is 0.136 e. The van der Waals surface area contributed by atoms with Gasteiger partial charge in [-0.25, -0.2) is 8.78 Å². The van der Waals surface area contributed by atoms with E-state index in [9.17, 15) is 8.78 Å². The lowest BCUT2D eigenvalue weighted by Gasteiger charge is -2.10. The van der Waals surface area contributed by atoms with Gasteiger partial charge in [0.1, 0.15) is 23.0 Å². The van der Waals surface area contributed by atoms with E-state index in [2.05, 4.69) is 30.1 Å². The summed E-state index contributed by atoms with van der Waals surface area (Å²) in [7, 11) is 0. The molecule has 0 bridgehead atoms. The molecule has 1 aliphatic heterocycles. The molecule has 22 heavy (non-hydrogen) atoms. The standard InChI is InChI=1S/C11H11NO.C6H4F2S/c1-2-4-10-8(3-1)9-5-6-12-7-11(9)13-10;7-4-1-2-5(8)6(9)3-4/h1-4,12H,5-7H2;1-3,9H. The number of thiol groups is 1. The molecule has 2 nitrogen and oxygen atoms in total. The molecule has 2 aromatic carbocycles. The molecule has 114 valence electrons. The van der Waals surface area contributed by atoms with Crippen molar-refractivity contribution in [3.63, 3.8) is 0 Å². The molecule has 1 aromatic heterocycles. The summed E-state index contributed by atoms with van der Waals surface area (Å²) in [5, 5.41) is 4.60. The number of nitrogens with one attached hydrogen (secondary N) is 1. The smallest absolute Gasteiger partial charge is 0.136 e.